The third-order valence-corrected chi connectivity index (χ3v) is 6.20. The molecule has 0 heterocycles. The molecule has 0 aliphatic heterocycles. The summed E-state index contributed by atoms with van der Waals surface area (Å²) in [6.07, 6.45) is 7.77. The Balaban J connectivity index is 2.81. The van der Waals surface area contributed by atoms with Gasteiger partial charge in [-0.25, -0.2) is 4.67 Å². The first-order chi connectivity index (χ1) is 9.40. The van der Waals surface area contributed by atoms with E-state index in [2.05, 4.69) is 0 Å². The SMILES string of the molecule is CC(C)N(C(C)C)P(=O)(C#N)OC1CCCCCCC1. The van der Waals surface area contributed by atoms with Crippen LogP contribution in [0.15, 0.2) is 0 Å². The Morgan fingerprint density at radius 1 is 1.05 bits per heavy atom. The minimum Gasteiger partial charge on any atom is -0.304 e. The zero-order valence-corrected chi connectivity index (χ0v) is 14.2. The van der Waals surface area contributed by atoms with Gasteiger partial charge in [0, 0.05) is 12.1 Å². The molecule has 0 N–H and O–H groups in total. The van der Waals surface area contributed by atoms with Gasteiger partial charge in [0.2, 0.25) is 0 Å². The fourth-order valence-electron chi connectivity index (χ4n) is 3.06. The second-order valence-corrected chi connectivity index (χ2v) is 8.17. The Bertz CT molecular complexity index is 361. The van der Waals surface area contributed by atoms with Crippen LogP contribution in [0.1, 0.15) is 72.6 Å². The van der Waals surface area contributed by atoms with E-state index in [4.69, 9.17) is 4.52 Å². The first-order valence-corrected chi connectivity index (χ1v) is 9.47. The van der Waals surface area contributed by atoms with E-state index in [1.165, 1.54) is 19.3 Å². The lowest BCUT2D eigenvalue weighted by atomic mass is 9.99. The summed E-state index contributed by atoms with van der Waals surface area (Å²) < 4.78 is 20.6. The van der Waals surface area contributed by atoms with E-state index in [1.54, 1.807) is 4.67 Å². The minimum atomic E-state index is -3.39. The molecule has 1 rings (SSSR count). The highest BCUT2D eigenvalue weighted by molar-refractivity contribution is 7.61. The molecule has 1 saturated carbocycles. The van der Waals surface area contributed by atoms with Crippen molar-refractivity contribution in [3.8, 4) is 5.81 Å². The summed E-state index contributed by atoms with van der Waals surface area (Å²) in [5.41, 5.74) is 0. The molecule has 0 bridgehead atoms. The lowest BCUT2D eigenvalue weighted by Crippen LogP contribution is -2.35. The first-order valence-electron chi connectivity index (χ1n) is 7.89. The van der Waals surface area contributed by atoms with Gasteiger partial charge in [-0.3, -0.25) is 4.57 Å². The summed E-state index contributed by atoms with van der Waals surface area (Å²) in [7, 11) is -3.39. The van der Waals surface area contributed by atoms with Gasteiger partial charge in [0.15, 0.2) is 5.81 Å². The molecule has 4 nitrogen and oxygen atoms in total. The molecule has 0 amide bonds. The largest absolute Gasteiger partial charge is 0.371 e. The van der Waals surface area contributed by atoms with Crippen LogP contribution in [-0.2, 0) is 9.09 Å². The molecule has 1 atom stereocenters. The van der Waals surface area contributed by atoms with Gasteiger partial charge < -0.3 is 4.52 Å². The predicted octanol–water partition coefficient (Wildman–Crippen LogP) is 4.91. The Kier molecular flexibility index (Phi) is 7.23. The molecule has 1 fully saturated rings. The normalized spacial score (nSPS) is 21.5. The van der Waals surface area contributed by atoms with Gasteiger partial charge in [-0.1, -0.05) is 32.1 Å². The molecule has 5 heteroatoms. The Labute approximate surface area is 124 Å². The average Bonchev–Trinajstić information content (AvgIpc) is 2.31. The van der Waals surface area contributed by atoms with Crippen LogP contribution < -0.4 is 0 Å². The Morgan fingerprint density at radius 3 is 1.90 bits per heavy atom. The smallest absolute Gasteiger partial charge is 0.304 e. The minimum absolute atomic E-state index is 0.0271. The molecular weight excluding hydrogens is 271 g/mol. The molecule has 1 unspecified atom stereocenters. The van der Waals surface area contributed by atoms with Crippen LogP contribution in [0.25, 0.3) is 0 Å². The summed E-state index contributed by atoms with van der Waals surface area (Å²) in [5, 5.41) is 9.43. The van der Waals surface area contributed by atoms with Gasteiger partial charge in [-0.2, -0.15) is 5.26 Å². The number of hydrogen-bond acceptors (Lipinski definition) is 3. The van der Waals surface area contributed by atoms with Crippen molar-refractivity contribution < 1.29 is 9.09 Å². The summed E-state index contributed by atoms with van der Waals surface area (Å²) >= 11 is 0. The van der Waals surface area contributed by atoms with E-state index in [-0.39, 0.29) is 18.2 Å². The van der Waals surface area contributed by atoms with Crippen molar-refractivity contribution in [1.29, 1.82) is 5.26 Å². The Morgan fingerprint density at radius 2 is 1.50 bits per heavy atom. The quantitative estimate of drug-likeness (QED) is 0.677. The van der Waals surface area contributed by atoms with E-state index in [0.29, 0.717) is 0 Å². The summed E-state index contributed by atoms with van der Waals surface area (Å²) in [4.78, 5) is 0. The van der Waals surface area contributed by atoms with Gasteiger partial charge in [-0.05, 0) is 40.5 Å². The van der Waals surface area contributed by atoms with Crippen molar-refractivity contribution in [1.82, 2.24) is 4.67 Å². The molecule has 20 heavy (non-hydrogen) atoms. The summed E-state index contributed by atoms with van der Waals surface area (Å²) in [6.45, 7) is 7.86. The van der Waals surface area contributed by atoms with Crippen molar-refractivity contribution in [2.24, 2.45) is 0 Å². The fourth-order valence-corrected chi connectivity index (χ4v) is 5.15. The van der Waals surface area contributed by atoms with E-state index < -0.39 is 7.52 Å². The average molecular weight is 300 g/mol. The zero-order valence-electron chi connectivity index (χ0n) is 13.3. The van der Waals surface area contributed by atoms with Crippen LogP contribution in [0.5, 0.6) is 0 Å². The third kappa shape index (κ3) is 4.88. The van der Waals surface area contributed by atoms with Crippen LogP contribution in [0.2, 0.25) is 0 Å². The molecule has 0 aromatic carbocycles. The molecule has 0 aromatic heterocycles. The topological polar surface area (TPSA) is 53.3 Å². The van der Waals surface area contributed by atoms with Gasteiger partial charge in [0.25, 0.3) is 0 Å². The number of hydrogen-bond donors (Lipinski definition) is 0. The lowest BCUT2D eigenvalue weighted by Gasteiger charge is -2.35. The predicted molar refractivity (Wildman–Crippen MR) is 82.5 cm³/mol. The van der Waals surface area contributed by atoms with Crippen LogP contribution in [0, 0.1) is 11.1 Å². The second kappa shape index (κ2) is 8.17. The van der Waals surface area contributed by atoms with Crippen molar-refractivity contribution in [3.05, 3.63) is 0 Å². The highest BCUT2D eigenvalue weighted by Crippen LogP contribution is 2.54. The third-order valence-electron chi connectivity index (χ3n) is 3.83. The van der Waals surface area contributed by atoms with Crippen LogP contribution in [-0.4, -0.2) is 22.9 Å². The van der Waals surface area contributed by atoms with Gasteiger partial charge >= 0.3 is 7.52 Å². The monoisotopic (exact) mass is 300 g/mol. The molecule has 0 radical (unpaired) electrons. The van der Waals surface area contributed by atoms with Gasteiger partial charge in [-0.15, -0.1) is 0 Å². The van der Waals surface area contributed by atoms with Crippen molar-refractivity contribution in [2.75, 3.05) is 0 Å². The summed E-state index contributed by atoms with van der Waals surface area (Å²) in [5.74, 6) is 1.98. The van der Waals surface area contributed by atoms with Crippen molar-refractivity contribution in [2.45, 2.75) is 90.8 Å². The van der Waals surface area contributed by atoms with E-state index in [0.717, 1.165) is 25.7 Å². The van der Waals surface area contributed by atoms with Crippen LogP contribution in [0.4, 0.5) is 0 Å². The number of rotatable bonds is 5. The first kappa shape index (κ1) is 17.7. The highest BCUT2D eigenvalue weighted by atomic mass is 31.2. The highest BCUT2D eigenvalue weighted by Gasteiger charge is 2.38. The van der Waals surface area contributed by atoms with E-state index in [9.17, 15) is 9.83 Å². The molecule has 1 aliphatic rings. The number of nitrogens with zero attached hydrogens (tertiary/aromatic N) is 2. The van der Waals surface area contributed by atoms with Gasteiger partial charge in [0.05, 0.1) is 6.10 Å². The maximum Gasteiger partial charge on any atom is 0.371 e. The maximum absolute atomic E-state index is 13.0. The second-order valence-electron chi connectivity index (χ2n) is 6.26. The number of nitriles is 1. The maximum atomic E-state index is 13.0. The standard InChI is InChI=1S/C15H29N2O2P/c1-13(2)17(14(3)4)20(18,12-16)19-15-10-8-6-5-7-9-11-15/h13-15H,5-11H2,1-4H3. The summed E-state index contributed by atoms with van der Waals surface area (Å²) in [6, 6.07) is 0.0723. The van der Waals surface area contributed by atoms with Crippen molar-refractivity contribution in [3.63, 3.8) is 0 Å². The fraction of sp³-hybridized carbons (Fsp3) is 0.933. The molecule has 116 valence electrons. The van der Waals surface area contributed by atoms with E-state index >= 15 is 0 Å². The van der Waals surface area contributed by atoms with E-state index in [1.807, 2.05) is 33.5 Å². The molecule has 0 saturated heterocycles. The van der Waals surface area contributed by atoms with Gasteiger partial charge in [0.1, 0.15) is 0 Å². The lowest BCUT2D eigenvalue weighted by molar-refractivity contribution is 0.140. The van der Waals surface area contributed by atoms with Crippen molar-refractivity contribution >= 4 is 7.52 Å². The van der Waals surface area contributed by atoms with Crippen LogP contribution >= 0.6 is 7.52 Å². The Hall–Kier alpha value is -0.360. The molecular formula is C15H29N2O2P. The van der Waals surface area contributed by atoms with Crippen LogP contribution in [0.3, 0.4) is 0 Å². The molecule has 1 aliphatic carbocycles. The zero-order chi connectivity index (χ0) is 15.2. The molecule has 0 spiro atoms. The molecule has 0 aromatic rings.